The highest BCUT2D eigenvalue weighted by atomic mass is 32.2. The van der Waals surface area contributed by atoms with Gasteiger partial charge >= 0.3 is 0 Å². The predicted octanol–water partition coefficient (Wildman–Crippen LogP) is 1.85. The minimum absolute atomic E-state index is 0.109. The minimum Gasteiger partial charge on any atom is -0.322 e. The van der Waals surface area contributed by atoms with E-state index >= 15 is 0 Å². The summed E-state index contributed by atoms with van der Waals surface area (Å²) in [6, 6.07) is 8.14. The van der Waals surface area contributed by atoms with Crippen LogP contribution in [0.1, 0.15) is 12.5 Å². The molecule has 3 aromatic rings. The number of hydrogen-bond donors (Lipinski definition) is 2. The minimum atomic E-state index is -3.72. The maximum absolute atomic E-state index is 12.5. The summed E-state index contributed by atoms with van der Waals surface area (Å²) >= 11 is 0. The monoisotopic (exact) mass is 332 g/mol. The van der Waals surface area contributed by atoms with Gasteiger partial charge in [-0.25, -0.2) is 0 Å². The summed E-state index contributed by atoms with van der Waals surface area (Å²) in [5.74, 6) is 0. The van der Waals surface area contributed by atoms with Crippen LogP contribution in [-0.4, -0.2) is 23.2 Å². The molecule has 0 aliphatic carbocycles. The van der Waals surface area contributed by atoms with Crippen LogP contribution in [0.15, 0.2) is 46.3 Å². The fraction of sp³-hybridized carbons (Fsp3) is 0.200. The van der Waals surface area contributed by atoms with Crippen LogP contribution >= 0.6 is 0 Å². The smallest absolute Gasteiger partial charge is 0.279 e. The lowest BCUT2D eigenvalue weighted by molar-refractivity contribution is 0.558. The standard InChI is InChI=1S/C15H16N4O3S/c1-3-19-14(6-7-16-19)23(21,22)18-12-4-5-13-11(9-12)8-10(2)15(20)17-13/h4-9,18H,3H2,1-2H3,(H,17,20). The SMILES string of the molecule is CCn1nccc1S(=O)(=O)Nc1ccc2[nH]c(=O)c(C)cc2c1. The fourth-order valence-electron chi connectivity index (χ4n) is 2.37. The van der Waals surface area contributed by atoms with Crippen LogP contribution in [0.2, 0.25) is 0 Å². The van der Waals surface area contributed by atoms with Crippen molar-refractivity contribution in [3.8, 4) is 0 Å². The molecule has 3 rings (SSSR count). The predicted molar refractivity (Wildman–Crippen MR) is 88.0 cm³/mol. The molecule has 0 fully saturated rings. The Morgan fingerprint density at radius 1 is 1.26 bits per heavy atom. The van der Waals surface area contributed by atoms with Gasteiger partial charge in [0.25, 0.3) is 15.6 Å². The van der Waals surface area contributed by atoms with Crippen molar-refractivity contribution in [1.29, 1.82) is 0 Å². The average molecular weight is 332 g/mol. The number of aromatic nitrogens is 3. The van der Waals surface area contributed by atoms with Crippen LogP contribution in [-0.2, 0) is 16.6 Å². The second-order valence-electron chi connectivity index (χ2n) is 5.17. The lowest BCUT2D eigenvalue weighted by Gasteiger charge is -2.10. The van der Waals surface area contributed by atoms with Gasteiger partial charge in [0.2, 0.25) is 0 Å². The molecule has 8 heteroatoms. The van der Waals surface area contributed by atoms with Crippen LogP contribution in [0.25, 0.3) is 10.9 Å². The van der Waals surface area contributed by atoms with Gasteiger partial charge in [-0.3, -0.25) is 14.2 Å². The van der Waals surface area contributed by atoms with E-state index in [4.69, 9.17) is 0 Å². The number of aromatic amines is 1. The third-order valence-corrected chi connectivity index (χ3v) is 4.94. The van der Waals surface area contributed by atoms with Gasteiger partial charge in [0.1, 0.15) is 0 Å². The highest BCUT2D eigenvalue weighted by molar-refractivity contribution is 7.92. The van der Waals surface area contributed by atoms with Gasteiger partial charge in [-0.05, 0) is 44.2 Å². The van der Waals surface area contributed by atoms with Crippen LogP contribution in [0, 0.1) is 6.92 Å². The number of fused-ring (bicyclic) bond motifs is 1. The summed E-state index contributed by atoms with van der Waals surface area (Å²) in [7, 11) is -3.72. The Balaban J connectivity index is 2.01. The van der Waals surface area contributed by atoms with E-state index in [1.165, 1.54) is 16.9 Å². The first-order valence-electron chi connectivity index (χ1n) is 7.09. The van der Waals surface area contributed by atoms with Crippen molar-refractivity contribution in [2.24, 2.45) is 0 Å². The van der Waals surface area contributed by atoms with Gasteiger partial charge in [-0.2, -0.15) is 13.5 Å². The molecule has 0 saturated heterocycles. The number of pyridine rings is 1. The van der Waals surface area contributed by atoms with Crippen LogP contribution < -0.4 is 10.3 Å². The third kappa shape index (κ3) is 2.85. The van der Waals surface area contributed by atoms with E-state index in [9.17, 15) is 13.2 Å². The van der Waals surface area contributed by atoms with Crippen LogP contribution in [0.4, 0.5) is 5.69 Å². The Hall–Kier alpha value is -2.61. The summed E-state index contributed by atoms with van der Waals surface area (Å²) in [6.07, 6.45) is 1.45. The summed E-state index contributed by atoms with van der Waals surface area (Å²) in [6.45, 7) is 3.98. The first-order chi connectivity index (χ1) is 10.9. The van der Waals surface area contributed by atoms with Crippen molar-refractivity contribution in [1.82, 2.24) is 14.8 Å². The van der Waals surface area contributed by atoms with Crippen molar-refractivity contribution in [2.45, 2.75) is 25.4 Å². The fourth-order valence-corrected chi connectivity index (χ4v) is 3.61. The number of nitrogens with one attached hydrogen (secondary N) is 2. The molecular weight excluding hydrogens is 316 g/mol. The molecule has 0 aliphatic heterocycles. The molecule has 1 aromatic carbocycles. The Kier molecular flexibility index (Phi) is 3.69. The lowest BCUT2D eigenvalue weighted by Crippen LogP contribution is -2.17. The molecule has 0 spiro atoms. The maximum Gasteiger partial charge on any atom is 0.279 e. The maximum atomic E-state index is 12.5. The van der Waals surface area contributed by atoms with E-state index in [0.717, 1.165) is 5.39 Å². The molecule has 0 atom stereocenters. The van der Waals surface area contributed by atoms with E-state index in [1.807, 2.05) is 6.92 Å². The topological polar surface area (TPSA) is 96.8 Å². The molecule has 0 amide bonds. The second kappa shape index (κ2) is 5.54. The molecule has 23 heavy (non-hydrogen) atoms. The highest BCUT2D eigenvalue weighted by Crippen LogP contribution is 2.20. The largest absolute Gasteiger partial charge is 0.322 e. The number of H-pyrrole nitrogens is 1. The number of anilines is 1. The Morgan fingerprint density at radius 2 is 2.04 bits per heavy atom. The molecule has 0 saturated carbocycles. The van der Waals surface area contributed by atoms with E-state index in [0.29, 0.717) is 23.3 Å². The molecule has 0 radical (unpaired) electrons. The van der Waals surface area contributed by atoms with Crippen molar-refractivity contribution < 1.29 is 8.42 Å². The normalized spacial score (nSPS) is 11.7. The quantitative estimate of drug-likeness (QED) is 0.762. The molecule has 2 heterocycles. The zero-order valence-corrected chi connectivity index (χ0v) is 13.5. The average Bonchev–Trinajstić information content (AvgIpc) is 2.98. The zero-order chi connectivity index (χ0) is 16.6. The lowest BCUT2D eigenvalue weighted by atomic mass is 10.1. The number of sulfonamides is 1. The summed E-state index contributed by atoms with van der Waals surface area (Å²) in [5, 5.41) is 4.84. The van der Waals surface area contributed by atoms with Gasteiger partial charge in [0.15, 0.2) is 5.03 Å². The van der Waals surface area contributed by atoms with Gasteiger partial charge in [0.05, 0.1) is 6.20 Å². The van der Waals surface area contributed by atoms with Crippen molar-refractivity contribution in [3.05, 3.63) is 52.4 Å². The number of hydrogen-bond acceptors (Lipinski definition) is 4. The molecule has 120 valence electrons. The van der Waals surface area contributed by atoms with Crippen molar-refractivity contribution in [2.75, 3.05) is 4.72 Å². The van der Waals surface area contributed by atoms with Crippen LogP contribution in [0.5, 0.6) is 0 Å². The first-order valence-corrected chi connectivity index (χ1v) is 8.57. The molecule has 2 aromatic heterocycles. The highest BCUT2D eigenvalue weighted by Gasteiger charge is 2.19. The number of rotatable bonds is 4. The summed E-state index contributed by atoms with van der Waals surface area (Å²) in [4.78, 5) is 14.3. The summed E-state index contributed by atoms with van der Waals surface area (Å²) in [5.41, 5.74) is 1.49. The molecule has 2 N–H and O–H groups in total. The van der Waals surface area contributed by atoms with Crippen molar-refractivity contribution >= 4 is 26.6 Å². The summed E-state index contributed by atoms with van der Waals surface area (Å²) < 4.78 is 28.9. The van der Waals surface area contributed by atoms with Crippen molar-refractivity contribution in [3.63, 3.8) is 0 Å². The first kappa shape index (κ1) is 15.3. The second-order valence-corrected chi connectivity index (χ2v) is 6.80. The van der Waals surface area contributed by atoms with E-state index in [-0.39, 0.29) is 10.6 Å². The van der Waals surface area contributed by atoms with Gasteiger partial charge < -0.3 is 4.98 Å². The Morgan fingerprint density at radius 3 is 2.78 bits per heavy atom. The Labute approximate surface area is 133 Å². The molecule has 7 nitrogen and oxygen atoms in total. The Bertz CT molecular complexity index is 1030. The van der Waals surface area contributed by atoms with E-state index in [2.05, 4.69) is 14.8 Å². The number of aryl methyl sites for hydroxylation is 2. The molecular formula is C15H16N4O3S. The third-order valence-electron chi connectivity index (χ3n) is 3.53. The number of nitrogens with zero attached hydrogens (tertiary/aromatic N) is 2. The van der Waals surface area contributed by atoms with E-state index in [1.54, 1.807) is 31.2 Å². The number of benzene rings is 1. The van der Waals surface area contributed by atoms with Gasteiger partial charge in [-0.15, -0.1) is 0 Å². The molecule has 0 aliphatic rings. The zero-order valence-electron chi connectivity index (χ0n) is 12.7. The van der Waals surface area contributed by atoms with E-state index < -0.39 is 10.0 Å². The van der Waals surface area contributed by atoms with Crippen LogP contribution in [0.3, 0.4) is 0 Å². The molecule has 0 bridgehead atoms. The molecule has 0 unspecified atom stereocenters. The van der Waals surface area contributed by atoms with Gasteiger partial charge in [0, 0.05) is 28.7 Å². The van der Waals surface area contributed by atoms with Gasteiger partial charge in [-0.1, -0.05) is 0 Å².